The van der Waals surface area contributed by atoms with E-state index in [1.807, 2.05) is 24.3 Å². The van der Waals surface area contributed by atoms with E-state index in [9.17, 15) is 0 Å². The Labute approximate surface area is 171 Å². The number of likely N-dealkylation sites (tertiary alicyclic amines) is 1. The molecule has 0 N–H and O–H groups in total. The van der Waals surface area contributed by atoms with Gasteiger partial charge in [0.15, 0.2) is 11.5 Å². The molecule has 2 aromatic carbocycles. The monoisotopic (exact) mass is 393 g/mol. The van der Waals surface area contributed by atoms with Gasteiger partial charge in [0.1, 0.15) is 5.75 Å². The van der Waals surface area contributed by atoms with Crippen LogP contribution in [0.3, 0.4) is 0 Å². The molecule has 5 rings (SSSR count). The van der Waals surface area contributed by atoms with E-state index in [4.69, 9.17) is 19.3 Å². The van der Waals surface area contributed by atoms with Gasteiger partial charge in [-0.2, -0.15) is 5.10 Å². The lowest BCUT2D eigenvalue weighted by Crippen LogP contribution is -2.58. The normalized spacial score (nSPS) is 22.5. The maximum atomic E-state index is 6.72. The number of nitrogens with zero attached hydrogens (tertiary/aromatic N) is 3. The third-order valence-corrected chi connectivity index (χ3v) is 6.38. The number of piperidine rings is 1. The van der Waals surface area contributed by atoms with Crippen molar-refractivity contribution in [1.29, 1.82) is 0 Å². The quantitative estimate of drug-likeness (QED) is 0.796. The Morgan fingerprint density at radius 3 is 2.62 bits per heavy atom. The second-order valence-electron chi connectivity index (χ2n) is 8.07. The highest BCUT2D eigenvalue weighted by Gasteiger charge is 2.52. The zero-order chi connectivity index (χ0) is 20.0. The summed E-state index contributed by atoms with van der Waals surface area (Å²) in [4.78, 5) is 2.35. The van der Waals surface area contributed by atoms with Crippen LogP contribution in [0.2, 0.25) is 0 Å². The van der Waals surface area contributed by atoms with Crippen molar-refractivity contribution < 1.29 is 14.2 Å². The Balaban J connectivity index is 1.59. The van der Waals surface area contributed by atoms with Crippen molar-refractivity contribution >= 4 is 5.71 Å². The van der Waals surface area contributed by atoms with E-state index in [1.54, 1.807) is 14.2 Å². The second-order valence-corrected chi connectivity index (χ2v) is 8.07. The van der Waals surface area contributed by atoms with Crippen molar-refractivity contribution in [3.8, 4) is 17.2 Å². The standard InChI is InChI=1S/C23H27N3O3/c1-25-12-10-23(11-13-25)26-20(18-8-5-9-21(28-3)22(18)29-23)15-19(24-26)16-6-4-7-17(14-16)27-2/h4-9,14,20H,10-13,15H2,1-3H3/t20-/m0/s1. The van der Waals surface area contributed by atoms with Crippen LogP contribution >= 0.6 is 0 Å². The third kappa shape index (κ3) is 2.94. The Bertz CT molecular complexity index is 950. The lowest BCUT2D eigenvalue weighted by molar-refractivity contribution is -0.148. The van der Waals surface area contributed by atoms with Crippen molar-refractivity contribution in [2.75, 3.05) is 34.4 Å². The number of fused-ring (bicyclic) bond motifs is 4. The molecule has 1 spiro atoms. The van der Waals surface area contributed by atoms with E-state index in [1.165, 1.54) is 0 Å². The van der Waals surface area contributed by atoms with E-state index < -0.39 is 5.72 Å². The average Bonchev–Trinajstić information content (AvgIpc) is 3.22. The first-order chi connectivity index (χ1) is 14.1. The van der Waals surface area contributed by atoms with E-state index in [2.05, 4.69) is 35.2 Å². The maximum absolute atomic E-state index is 6.72. The van der Waals surface area contributed by atoms with Crippen LogP contribution in [0.1, 0.15) is 36.4 Å². The van der Waals surface area contributed by atoms with Crippen LogP contribution in [0, 0.1) is 0 Å². The summed E-state index contributed by atoms with van der Waals surface area (Å²) in [5, 5.41) is 7.35. The van der Waals surface area contributed by atoms with Gasteiger partial charge in [-0.15, -0.1) is 0 Å². The molecule has 0 bridgehead atoms. The van der Waals surface area contributed by atoms with Gasteiger partial charge < -0.3 is 19.1 Å². The van der Waals surface area contributed by atoms with Crippen LogP contribution in [-0.4, -0.2) is 55.7 Å². The summed E-state index contributed by atoms with van der Waals surface area (Å²) in [5.74, 6) is 2.53. The highest BCUT2D eigenvalue weighted by molar-refractivity contribution is 6.02. The molecular weight excluding hydrogens is 366 g/mol. The molecule has 0 aromatic heterocycles. The van der Waals surface area contributed by atoms with E-state index in [0.717, 1.165) is 66.4 Å². The van der Waals surface area contributed by atoms with Crippen LogP contribution in [0.4, 0.5) is 0 Å². The molecule has 1 fully saturated rings. The van der Waals surface area contributed by atoms with Gasteiger partial charge in [-0.05, 0) is 25.2 Å². The molecule has 0 aliphatic carbocycles. The fourth-order valence-electron chi connectivity index (χ4n) is 4.71. The minimum atomic E-state index is -0.431. The van der Waals surface area contributed by atoms with Gasteiger partial charge in [0.25, 0.3) is 0 Å². The first kappa shape index (κ1) is 18.3. The summed E-state index contributed by atoms with van der Waals surface area (Å²) < 4.78 is 17.8. The fourth-order valence-corrected chi connectivity index (χ4v) is 4.71. The third-order valence-electron chi connectivity index (χ3n) is 6.38. The van der Waals surface area contributed by atoms with Gasteiger partial charge in [0.2, 0.25) is 5.72 Å². The van der Waals surface area contributed by atoms with Crippen molar-refractivity contribution in [2.24, 2.45) is 5.10 Å². The number of rotatable bonds is 3. The highest BCUT2D eigenvalue weighted by atomic mass is 16.5. The topological polar surface area (TPSA) is 46.5 Å². The number of hydrogen-bond donors (Lipinski definition) is 0. The Kier molecular flexibility index (Phi) is 4.39. The molecule has 2 aromatic rings. The predicted molar refractivity (Wildman–Crippen MR) is 112 cm³/mol. The fraction of sp³-hybridized carbons (Fsp3) is 0.435. The number of ether oxygens (including phenoxy) is 3. The van der Waals surface area contributed by atoms with Crippen molar-refractivity contribution in [2.45, 2.75) is 31.0 Å². The smallest absolute Gasteiger partial charge is 0.200 e. The zero-order valence-corrected chi connectivity index (χ0v) is 17.2. The second kappa shape index (κ2) is 6.95. The number of para-hydroxylation sites is 1. The van der Waals surface area contributed by atoms with Gasteiger partial charge in [-0.1, -0.05) is 24.3 Å². The molecule has 1 atom stereocenters. The number of hydrogen-bond acceptors (Lipinski definition) is 6. The summed E-state index contributed by atoms with van der Waals surface area (Å²) in [5.41, 5.74) is 2.90. The Morgan fingerprint density at radius 2 is 1.86 bits per heavy atom. The Hall–Kier alpha value is -2.73. The molecule has 6 heteroatoms. The number of hydrazone groups is 1. The van der Waals surface area contributed by atoms with Crippen LogP contribution in [0.25, 0.3) is 0 Å². The number of methoxy groups -OCH3 is 2. The van der Waals surface area contributed by atoms with E-state index in [-0.39, 0.29) is 6.04 Å². The van der Waals surface area contributed by atoms with Gasteiger partial charge >= 0.3 is 0 Å². The molecule has 0 unspecified atom stereocenters. The average molecular weight is 393 g/mol. The first-order valence-corrected chi connectivity index (χ1v) is 10.2. The molecule has 152 valence electrons. The Morgan fingerprint density at radius 1 is 1.07 bits per heavy atom. The van der Waals surface area contributed by atoms with Gasteiger partial charge in [-0.3, -0.25) is 0 Å². The van der Waals surface area contributed by atoms with Crippen molar-refractivity contribution in [3.05, 3.63) is 53.6 Å². The summed E-state index contributed by atoms with van der Waals surface area (Å²) >= 11 is 0. The summed E-state index contributed by atoms with van der Waals surface area (Å²) in [6.45, 7) is 1.97. The highest BCUT2D eigenvalue weighted by Crippen LogP contribution is 2.52. The predicted octanol–water partition coefficient (Wildman–Crippen LogP) is 3.67. The summed E-state index contributed by atoms with van der Waals surface area (Å²) in [6, 6.07) is 14.5. The van der Waals surface area contributed by atoms with Gasteiger partial charge in [0, 0.05) is 43.5 Å². The van der Waals surface area contributed by atoms with Crippen molar-refractivity contribution in [1.82, 2.24) is 9.91 Å². The van der Waals surface area contributed by atoms with Crippen LogP contribution in [0.5, 0.6) is 17.2 Å². The molecule has 6 nitrogen and oxygen atoms in total. The van der Waals surface area contributed by atoms with E-state index in [0.29, 0.717) is 0 Å². The van der Waals surface area contributed by atoms with E-state index >= 15 is 0 Å². The number of benzene rings is 2. The lowest BCUT2D eigenvalue weighted by atomic mass is 9.90. The molecule has 29 heavy (non-hydrogen) atoms. The SMILES string of the molecule is COc1cccc(C2=NN3[C@@H](C2)c2cccc(OC)c2OC32CCN(C)CC2)c1. The van der Waals surface area contributed by atoms with Crippen molar-refractivity contribution in [3.63, 3.8) is 0 Å². The molecule has 3 heterocycles. The minimum Gasteiger partial charge on any atom is -0.497 e. The van der Waals surface area contributed by atoms with Crippen LogP contribution in [0.15, 0.2) is 47.6 Å². The first-order valence-electron chi connectivity index (χ1n) is 10.2. The lowest BCUT2D eigenvalue weighted by Gasteiger charge is -2.50. The molecule has 0 saturated carbocycles. The molecule has 0 radical (unpaired) electrons. The summed E-state index contributed by atoms with van der Waals surface area (Å²) in [7, 11) is 5.57. The zero-order valence-electron chi connectivity index (χ0n) is 17.2. The minimum absolute atomic E-state index is 0.151. The molecule has 1 saturated heterocycles. The van der Waals surface area contributed by atoms with Crippen LogP contribution in [-0.2, 0) is 0 Å². The summed E-state index contributed by atoms with van der Waals surface area (Å²) in [6.07, 6.45) is 2.66. The van der Waals surface area contributed by atoms with Gasteiger partial charge in [-0.25, -0.2) is 5.01 Å². The largest absolute Gasteiger partial charge is 0.497 e. The molecular formula is C23H27N3O3. The maximum Gasteiger partial charge on any atom is 0.200 e. The molecule has 3 aliphatic heterocycles. The molecule has 3 aliphatic rings. The molecule has 0 amide bonds. The van der Waals surface area contributed by atoms with Crippen LogP contribution < -0.4 is 14.2 Å². The van der Waals surface area contributed by atoms with Gasteiger partial charge in [0.05, 0.1) is 26.0 Å².